The van der Waals surface area contributed by atoms with E-state index in [9.17, 15) is 0 Å². The first kappa shape index (κ1) is 35.0. The predicted molar refractivity (Wildman–Crippen MR) is 242 cm³/mol. The normalized spacial score (nSPS) is 13.3. The van der Waals surface area contributed by atoms with Gasteiger partial charge in [-0.1, -0.05) is 126 Å². The summed E-state index contributed by atoms with van der Waals surface area (Å²) in [6.07, 6.45) is 0. The summed E-state index contributed by atoms with van der Waals surface area (Å²) in [4.78, 5) is 7.33. The van der Waals surface area contributed by atoms with Gasteiger partial charge in [-0.2, -0.15) is 0 Å². The van der Waals surface area contributed by atoms with Crippen LogP contribution in [0.4, 0.5) is 51.2 Å². The Balaban J connectivity index is 1.32. The second kappa shape index (κ2) is 13.1. The van der Waals surface area contributed by atoms with Crippen LogP contribution in [0.5, 0.6) is 0 Å². The summed E-state index contributed by atoms with van der Waals surface area (Å²) < 4.78 is 7.20. The number of benzene rings is 7. The van der Waals surface area contributed by atoms with Crippen molar-refractivity contribution < 1.29 is 4.42 Å². The zero-order valence-electron chi connectivity index (χ0n) is 33.5. The van der Waals surface area contributed by atoms with E-state index in [0.29, 0.717) is 0 Å². The Morgan fingerprint density at radius 1 is 0.474 bits per heavy atom. The zero-order valence-corrected chi connectivity index (χ0v) is 33.5. The third kappa shape index (κ3) is 5.75. The summed E-state index contributed by atoms with van der Waals surface area (Å²) in [5.74, 6) is 0. The fourth-order valence-electron chi connectivity index (χ4n) is 8.81. The molecule has 8 aromatic rings. The molecule has 0 N–H and O–H groups in total. The number of fused-ring (bicyclic) bond motifs is 6. The molecule has 0 amide bonds. The maximum Gasteiger partial charge on any atom is 0.297 e. The Morgan fingerprint density at radius 2 is 1.00 bits per heavy atom. The average Bonchev–Trinajstić information content (AvgIpc) is 3.60. The van der Waals surface area contributed by atoms with Gasteiger partial charge in [-0.3, -0.25) is 0 Å². The number of furan rings is 1. The van der Waals surface area contributed by atoms with E-state index in [0.717, 1.165) is 56.4 Å². The maximum absolute atomic E-state index is 7.20. The molecule has 3 heterocycles. The molecule has 0 bridgehead atoms. The van der Waals surface area contributed by atoms with Crippen LogP contribution >= 0.6 is 0 Å². The van der Waals surface area contributed by atoms with Gasteiger partial charge >= 0.3 is 0 Å². The van der Waals surface area contributed by atoms with E-state index in [2.05, 4.69) is 226 Å². The van der Waals surface area contributed by atoms with Crippen molar-refractivity contribution in [2.45, 2.75) is 52.4 Å². The number of rotatable bonds is 5. The van der Waals surface area contributed by atoms with Gasteiger partial charge in [0.25, 0.3) is 6.71 Å². The highest BCUT2D eigenvalue weighted by Gasteiger charge is 2.47. The van der Waals surface area contributed by atoms with Gasteiger partial charge in [0.1, 0.15) is 5.58 Å². The van der Waals surface area contributed by atoms with E-state index < -0.39 is 0 Å². The quantitative estimate of drug-likeness (QED) is 0.164. The fourth-order valence-corrected chi connectivity index (χ4v) is 8.81. The third-order valence-corrected chi connectivity index (χ3v) is 11.7. The maximum atomic E-state index is 7.20. The lowest BCUT2D eigenvalue weighted by Crippen LogP contribution is -2.61. The van der Waals surface area contributed by atoms with Crippen molar-refractivity contribution in [3.8, 4) is 0 Å². The minimum atomic E-state index is -0.143. The molecule has 0 radical (unpaired) electrons. The van der Waals surface area contributed by atoms with Crippen LogP contribution in [-0.4, -0.2) is 6.71 Å². The molecule has 1 aromatic heterocycles. The molecule has 0 spiro atoms. The minimum Gasteiger partial charge on any atom is -0.468 e. The average molecular weight is 740 g/mol. The van der Waals surface area contributed by atoms with Gasteiger partial charge in [-0.25, -0.2) is 0 Å². The Bertz CT molecular complexity index is 2730. The van der Waals surface area contributed by atoms with Gasteiger partial charge in [0.05, 0.1) is 11.3 Å². The summed E-state index contributed by atoms with van der Waals surface area (Å²) in [6.45, 7) is 13.7. The number of hydrogen-bond donors (Lipinski definition) is 0. The topological polar surface area (TPSA) is 22.9 Å². The van der Waals surface area contributed by atoms with Crippen molar-refractivity contribution in [3.63, 3.8) is 0 Å². The molecule has 10 rings (SSSR count). The summed E-state index contributed by atoms with van der Waals surface area (Å²) in [5, 5.41) is 1.14. The van der Waals surface area contributed by atoms with Gasteiger partial charge in [0, 0.05) is 50.9 Å². The highest BCUT2D eigenvalue weighted by atomic mass is 16.3. The Kier molecular flexibility index (Phi) is 8.02. The van der Waals surface area contributed by atoms with Crippen LogP contribution in [0.25, 0.3) is 11.0 Å². The van der Waals surface area contributed by atoms with Gasteiger partial charge in [0.15, 0.2) is 0 Å². The first-order chi connectivity index (χ1) is 27.6. The molecule has 0 saturated carbocycles. The number of nitrogens with zero attached hydrogens (tertiary/aromatic N) is 3. The SMILES string of the molecule is CC(C)(C)c1cc2c3c(c1)N(c1ccccc1)c1c(oc4ccc(C(C)(C)C)cc14)B3c1ccc(N(c3ccccc3)c3ccccc3)cc1N2c1ccccc1. The molecule has 7 aromatic carbocycles. The molecule has 278 valence electrons. The lowest BCUT2D eigenvalue weighted by atomic mass is 9.35. The van der Waals surface area contributed by atoms with Crippen molar-refractivity contribution in [3.05, 3.63) is 181 Å². The van der Waals surface area contributed by atoms with E-state index >= 15 is 0 Å². The van der Waals surface area contributed by atoms with E-state index in [4.69, 9.17) is 4.42 Å². The molecule has 2 aliphatic rings. The van der Waals surface area contributed by atoms with Crippen LogP contribution in [0, 0.1) is 0 Å². The Labute approximate surface area is 336 Å². The standard InChI is InChI=1S/C52H46BN3O/c1-51(2,3)35-27-30-47-42(31-35)49-50(57-47)53-43-29-28-41(54(37-19-11-7-12-20-37)38-21-13-8-14-22-38)34-44(43)55(39-23-15-9-16-24-39)45-32-36(52(4,5)6)33-46(48(45)53)56(49)40-25-17-10-18-26-40/h7-34H,1-6H3. The van der Waals surface area contributed by atoms with Crippen molar-refractivity contribution >= 4 is 85.5 Å². The largest absolute Gasteiger partial charge is 0.468 e. The van der Waals surface area contributed by atoms with Crippen molar-refractivity contribution in [2.75, 3.05) is 14.7 Å². The molecule has 0 aliphatic carbocycles. The molecule has 0 unspecified atom stereocenters. The first-order valence-corrected chi connectivity index (χ1v) is 20.1. The van der Waals surface area contributed by atoms with E-state index in [1.807, 2.05) is 0 Å². The number of hydrogen-bond acceptors (Lipinski definition) is 4. The van der Waals surface area contributed by atoms with E-state index in [1.54, 1.807) is 0 Å². The van der Waals surface area contributed by atoms with Gasteiger partial charge < -0.3 is 19.1 Å². The summed E-state index contributed by atoms with van der Waals surface area (Å²) in [5.41, 5.74) is 16.9. The molecule has 4 nitrogen and oxygen atoms in total. The molecular weight excluding hydrogens is 693 g/mol. The van der Waals surface area contributed by atoms with Crippen LogP contribution in [0.2, 0.25) is 0 Å². The van der Waals surface area contributed by atoms with Gasteiger partial charge in [-0.05, 0) is 118 Å². The number of anilines is 9. The van der Waals surface area contributed by atoms with Gasteiger partial charge in [-0.15, -0.1) is 0 Å². The van der Waals surface area contributed by atoms with Crippen molar-refractivity contribution in [1.29, 1.82) is 0 Å². The Hall–Kier alpha value is -6.46. The van der Waals surface area contributed by atoms with E-state index in [-0.39, 0.29) is 17.5 Å². The summed E-state index contributed by atoms with van der Waals surface area (Å²) in [6, 6.07) is 61.7. The second-order valence-corrected chi connectivity index (χ2v) is 17.5. The molecule has 0 fully saturated rings. The van der Waals surface area contributed by atoms with Crippen LogP contribution in [0.1, 0.15) is 52.7 Å². The third-order valence-electron chi connectivity index (χ3n) is 11.7. The molecule has 2 aliphatic heterocycles. The molecule has 5 heteroatoms. The first-order valence-electron chi connectivity index (χ1n) is 20.1. The second-order valence-electron chi connectivity index (χ2n) is 17.5. The molecular formula is C52H46BN3O. The van der Waals surface area contributed by atoms with E-state index in [1.165, 1.54) is 33.4 Å². The molecule has 0 saturated heterocycles. The fraction of sp³-hybridized carbons (Fsp3) is 0.154. The zero-order chi connectivity index (χ0) is 39.1. The lowest BCUT2D eigenvalue weighted by molar-refractivity contribution is 0.590. The van der Waals surface area contributed by atoms with Crippen LogP contribution in [0.3, 0.4) is 0 Å². The Morgan fingerprint density at radius 3 is 1.56 bits per heavy atom. The molecule has 0 atom stereocenters. The molecule has 57 heavy (non-hydrogen) atoms. The smallest absolute Gasteiger partial charge is 0.297 e. The van der Waals surface area contributed by atoms with Crippen LogP contribution in [0.15, 0.2) is 174 Å². The highest BCUT2D eigenvalue weighted by molar-refractivity contribution is 7.00. The highest BCUT2D eigenvalue weighted by Crippen LogP contribution is 2.49. The monoisotopic (exact) mass is 739 g/mol. The number of para-hydroxylation sites is 4. The van der Waals surface area contributed by atoms with Crippen molar-refractivity contribution in [2.24, 2.45) is 0 Å². The van der Waals surface area contributed by atoms with Gasteiger partial charge in [0.2, 0.25) is 0 Å². The van der Waals surface area contributed by atoms with Crippen LogP contribution < -0.4 is 31.3 Å². The predicted octanol–water partition coefficient (Wildman–Crippen LogP) is 12.6. The minimum absolute atomic E-state index is 0.0253. The summed E-state index contributed by atoms with van der Waals surface area (Å²) >= 11 is 0. The summed E-state index contributed by atoms with van der Waals surface area (Å²) in [7, 11) is 0. The van der Waals surface area contributed by atoms with Crippen LogP contribution in [-0.2, 0) is 10.8 Å². The lowest BCUT2D eigenvalue weighted by Gasteiger charge is -2.43. The van der Waals surface area contributed by atoms with Crippen molar-refractivity contribution in [1.82, 2.24) is 0 Å².